The number of epoxide rings is 1. The minimum absolute atomic E-state index is 0.0274. The molecule has 1 saturated heterocycles. The Hall–Kier alpha value is 0.419. The van der Waals surface area contributed by atoms with Crippen LogP contribution >= 0.6 is 0 Å². The molecule has 1 aliphatic rings. The van der Waals surface area contributed by atoms with Crippen molar-refractivity contribution in [3.05, 3.63) is 10.2 Å². The van der Waals surface area contributed by atoms with Gasteiger partial charge in [-0.1, -0.05) is 0 Å². The van der Waals surface area contributed by atoms with Crippen LogP contribution in [0, 0.1) is 11.8 Å². The second-order valence-electron chi connectivity index (χ2n) is 9.49. The summed E-state index contributed by atoms with van der Waals surface area (Å²) in [5.74, 6) is 0.499. The molecule has 172 valence electrons. The summed E-state index contributed by atoms with van der Waals surface area (Å²) in [5, 5.41) is 10.9. The minimum atomic E-state index is -2.27. The topological polar surface area (TPSA) is 42.0 Å². The SMILES string of the molecule is CCC[CH2][Sn](/[CH]=C/[C@@H](C)[C@H](O)[C@H]1O[C@@H]1[C@H](C)[C@H](CC)OC)([CH2]CCC)[CH2]CCC. The quantitative estimate of drug-likeness (QED) is 0.171. The molecule has 0 aromatic heterocycles. The molecular weight excluding hydrogens is 467 g/mol. The van der Waals surface area contributed by atoms with Gasteiger partial charge in [0.1, 0.15) is 0 Å². The van der Waals surface area contributed by atoms with Crippen LogP contribution in [0.5, 0.6) is 0 Å². The zero-order valence-electron chi connectivity index (χ0n) is 20.5. The summed E-state index contributed by atoms with van der Waals surface area (Å²) in [5.41, 5.74) is 0. The zero-order chi connectivity index (χ0) is 21.9. The van der Waals surface area contributed by atoms with Crippen LogP contribution in [-0.2, 0) is 9.47 Å². The summed E-state index contributed by atoms with van der Waals surface area (Å²) < 4.78 is 18.7. The van der Waals surface area contributed by atoms with Crippen molar-refractivity contribution < 1.29 is 14.6 Å². The fraction of sp³-hybridized carbons (Fsp3) is 0.920. The van der Waals surface area contributed by atoms with Gasteiger partial charge in [-0.3, -0.25) is 0 Å². The van der Waals surface area contributed by atoms with Crippen LogP contribution in [0.25, 0.3) is 0 Å². The Kier molecular flexibility index (Phi) is 13.7. The van der Waals surface area contributed by atoms with Gasteiger partial charge in [0.05, 0.1) is 0 Å². The van der Waals surface area contributed by atoms with Crippen LogP contribution in [0.4, 0.5) is 0 Å². The third-order valence-corrected chi connectivity index (χ3v) is 21.2. The first kappa shape index (κ1) is 27.5. The first-order valence-electron chi connectivity index (χ1n) is 12.4. The fourth-order valence-electron chi connectivity index (χ4n) is 4.78. The molecule has 0 radical (unpaired) electrons. The van der Waals surface area contributed by atoms with Crippen LogP contribution in [0.3, 0.4) is 0 Å². The van der Waals surface area contributed by atoms with E-state index < -0.39 is 24.5 Å². The average Bonchev–Trinajstić information content (AvgIpc) is 3.53. The number of methoxy groups -OCH3 is 1. The molecule has 3 nitrogen and oxygen atoms in total. The molecule has 1 aliphatic heterocycles. The molecular formula is C25H50O3Sn. The van der Waals surface area contributed by atoms with Gasteiger partial charge in [-0.2, -0.15) is 0 Å². The van der Waals surface area contributed by atoms with Gasteiger partial charge in [-0.15, -0.1) is 0 Å². The molecule has 4 heteroatoms. The Balaban J connectivity index is 2.78. The molecule has 1 rings (SSSR count). The third kappa shape index (κ3) is 8.82. The van der Waals surface area contributed by atoms with Gasteiger partial charge < -0.3 is 0 Å². The van der Waals surface area contributed by atoms with E-state index in [1.54, 1.807) is 7.11 Å². The number of hydrogen-bond acceptors (Lipinski definition) is 3. The van der Waals surface area contributed by atoms with Gasteiger partial charge in [-0.25, -0.2) is 0 Å². The number of unbranched alkanes of at least 4 members (excludes halogenated alkanes) is 3. The van der Waals surface area contributed by atoms with Gasteiger partial charge >= 0.3 is 186 Å². The predicted octanol–water partition coefficient (Wildman–Crippen LogP) is 6.76. The molecule has 0 spiro atoms. The summed E-state index contributed by atoms with van der Waals surface area (Å²) in [6.45, 7) is 13.5. The summed E-state index contributed by atoms with van der Waals surface area (Å²) >= 11 is -2.27. The Labute approximate surface area is 185 Å². The number of aliphatic hydroxyl groups is 1. The van der Waals surface area contributed by atoms with Crippen molar-refractivity contribution in [2.45, 2.75) is 124 Å². The van der Waals surface area contributed by atoms with Crippen LogP contribution < -0.4 is 0 Å². The predicted molar refractivity (Wildman–Crippen MR) is 128 cm³/mol. The van der Waals surface area contributed by atoms with E-state index in [-0.39, 0.29) is 24.2 Å². The van der Waals surface area contributed by atoms with Crippen LogP contribution in [0.15, 0.2) is 10.2 Å². The first-order chi connectivity index (χ1) is 13.9. The summed E-state index contributed by atoms with van der Waals surface area (Å²) in [7, 11) is 1.78. The number of ether oxygens (including phenoxy) is 2. The van der Waals surface area contributed by atoms with Gasteiger partial charge in [0.15, 0.2) is 0 Å². The van der Waals surface area contributed by atoms with E-state index >= 15 is 0 Å². The molecule has 0 saturated carbocycles. The Bertz CT molecular complexity index is 428. The maximum absolute atomic E-state index is 10.9. The van der Waals surface area contributed by atoms with Crippen molar-refractivity contribution in [1.29, 1.82) is 0 Å². The van der Waals surface area contributed by atoms with Crippen LogP contribution in [0.1, 0.15) is 86.5 Å². The number of hydrogen-bond donors (Lipinski definition) is 1. The van der Waals surface area contributed by atoms with Gasteiger partial charge in [-0.05, 0) is 0 Å². The van der Waals surface area contributed by atoms with E-state index in [2.05, 4.69) is 51.7 Å². The summed E-state index contributed by atoms with van der Waals surface area (Å²) in [6.07, 6.45) is 11.3. The molecule has 0 aromatic rings. The number of rotatable bonds is 17. The van der Waals surface area contributed by atoms with Crippen LogP contribution in [-0.4, -0.2) is 55.0 Å². The van der Waals surface area contributed by atoms with Gasteiger partial charge in [0, 0.05) is 0 Å². The Morgan fingerprint density at radius 3 is 1.86 bits per heavy atom. The second kappa shape index (κ2) is 14.5. The van der Waals surface area contributed by atoms with Crippen molar-refractivity contribution in [3.8, 4) is 0 Å². The summed E-state index contributed by atoms with van der Waals surface area (Å²) in [4.78, 5) is 0. The zero-order valence-corrected chi connectivity index (χ0v) is 23.3. The normalized spacial score (nSPS) is 23.9. The van der Waals surface area contributed by atoms with E-state index in [0.29, 0.717) is 5.92 Å². The van der Waals surface area contributed by atoms with Crippen molar-refractivity contribution in [2.75, 3.05) is 7.11 Å². The van der Waals surface area contributed by atoms with Crippen molar-refractivity contribution in [3.63, 3.8) is 0 Å². The third-order valence-electron chi connectivity index (χ3n) is 7.08. The summed E-state index contributed by atoms with van der Waals surface area (Å²) in [6, 6.07) is 0. The molecule has 29 heavy (non-hydrogen) atoms. The molecule has 0 aromatic carbocycles. The first-order valence-corrected chi connectivity index (χ1v) is 20.1. The molecule has 0 bridgehead atoms. The van der Waals surface area contributed by atoms with E-state index in [0.717, 1.165) is 6.42 Å². The monoisotopic (exact) mass is 518 g/mol. The molecule has 1 fully saturated rings. The van der Waals surface area contributed by atoms with E-state index in [1.165, 1.54) is 51.8 Å². The van der Waals surface area contributed by atoms with E-state index in [1.807, 2.05) is 0 Å². The molecule has 1 heterocycles. The van der Waals surface area contributed by atoms with Crippen molar-refractivity contribution >= 4 is 18.4 Å². The van der Waals surface area contributed by atoms with E-state index in [9.17, 15) is 5.11 Å². The molecule has 0 unspecified atom stereocenters. The maximum atomic E-state index is 10.9. The number of aliphatic hydroxyl groups excluding tert-OH is 1. The fourth-order valence-corrected chi connectivity index (χ4v) is 19.4. The molecule has 1 N–H and O–H groups in total. The van der Waals surface area contributed by atoms with Crippen LogP contribution in [0.2, 0.25) is 13.3 Å². The average molecular weight is 517 g/mol. The van der Waals surface area contributed by atoms with Gasteiger partial charge in [0.2, 0.25) is 0 Å². The van der Waals surface area contributed by atoms with Crippen molar-refractivity contribution in [2.24, 2.45) is 11.8 Å². The van der Waals surface area contributed by atoms with E-state index in [4.69, 9.17) is 9.47 Å². The van der Waals surface area contributed by atoms with Gasteiger partial charge in [0.25, 0.3) is 0 Å². The van der Waals surface area contributed by atoms with Crippen molar-refractivity contribution in [1.82, 2.24) is 0 Å². The molecule has 0 amide bonds. The Morgan fingerprint density at radius 1 is 0.931 bits per heavy atom. The second-order valence-corrected chi connectivity index (χ2v) is 22.5. The standard InChI is InChI=1S/C13H23O3.3C4H9.Sn/c1-6-8(3)11(14)13-12(16-13)9(4)10(7-2)15-5;3*1-3-4-2;/h1,6,8-14H,7H2,2-5H3;3*1,3-4H2,2H3;/t8-,9-,10+,11+,12-,13-;;;;/m1..../s1. The molecule has 6 atom stereocenters. The Morgan fingerprint density at radius 2 is 1.45 bits per heavy atom. The molecule has 0 aliphatic carbocycles.